The molecule has 1 unspecified atom stereocenters. The molecule has 3 rings (SSSR count). The predicted octanol–water partition coefficient (Wildman–Crippen LogP) is 2.76. The van der Waals surface area contributed by atoms with E-state index in [0.29, 0.717) is 11.4 Å². The van der Waals surface area contributed by atoms with E-state index in [1.807, 2.05) is 40.2 Å². The Morgan fingerprint density at radius 2 is 2.18 bits per heavy atom. The first-order chi connectivity index (χ1) is 10.6. The second-order valence-corrected chi connectivity index (χ2v) is 6.11. The molecule has 0 fully saturated rings. The van der Waals surface area contributed by atoms with Crippen LogP contribution in [0.4, 0.5) is 0 Å². The first-order valence-electron chi connectivity index (χ1n) is 6.64. The zero-order chi connectivity index (χ0) is 15.7. The molecule has 7 heteroatoms. The molecular formula is C15H14ClN3O2S. The minimum Gasteiger partial charge on any atom is -0.468 e. The predicted molar refractivity (Wildman–Crippen MR) is 87.2 cm³/mol. The average molecular weight is 336 g/mol. The van der Waals surface area contributed by atoms with E-state index in [-0.39, 0.29) is 0 Å². The third-order valence-electron chi connectivity index (χ3n) is 3.40. The summed E-state index contributed by atoms with van der Waals surface area (Å²) in [6, 6.07) is 6.71. The van der Waals surface area contributed by atoms with Crippen molar-refractivity contribution >= 4 is 33.9 Å². The highest BCUT2D eigenvalue weighted by molar-refractivity contribution is 7.15. The first kappa shape index (κ1) is 15.0. The lowest BCUT2D eigenvalue weighted by Gasteiger charge is -2.10. The molecule has 0 saturated carbocycles. The number of imidazole rings is 1. The molecule has 0 aliphatic rings. The third kappa shape index (κ3) is 2.72. The molecule has 3 aromatic rings. The lowest BCUT2D eigenvalue weighted by atomic mass is 10.1. The molecule has 5 nitrogen and oxygen atoms in total. The van der Waals surface area contributed by atoms with E-state index in [9.17, 15) is 4.79 Å². The maximum Gasteiger partial charge on any atom is 0.323 e. The number of nitrogens with zero attached hydrogens (tertiary/aromatic N) is 2. The number of halogens is 1. The summed E-state index contributed by atoms with van der Waals surface area (Å²) in [5.74, 6) is -0.438. The Labute approximate surface area is 136 Å². The first-order valence-corrected chi connectivity index (χ1v) is 7.89. The number of benzene rings is 1. The average Bonchev–Trinajstić information content (AvgIpc) is 3.10. The van der Waals surface area contributed by atoms with E-state index in [0.717, 1.165) is 21.9 Å². The SMILES string of the molecule is COC(=O)C(N)Cc1c(-c2ccc(Cl)cc2)nc2sccn12. The molecule has 0 amide bonds. The van der Waals surface area contributed by atoms with Gasteiger partial charge in [-0.25, -0.2) is 4.98 Å². The van der Waals surface area contributed by atoms with Crippen molar-refractivity contribution in [3.05, 3.63) is 46.6 Å². The van der Waals surface area contributed by atoms with Gasteiger partial charge in [0.2, 0.25) is 0 Å². The molecule has 2 heterocycles. The van der Waals surface area contributed by atoms with Crippen LogP contribution in [-0.4, -0.2) is 28.5 Å². The summed E-state index contributed by atoms with van der Waals surface area (Å²) >= 11 is 7.47. The van der Waals surface area contributed by atoms with Crippen molar-refractivity contribution in [2.24, 2.45) is 5.73 Å². The van der Waals surface area contributed by atoms with Gasteiger partial charge in [-0.05, 0) is 12.1 Å². The molecule has 0 saturated heterocycles. The second-order valence-electron chi connectivity index (χ2n) is 4.80. The van der Waals surface area contributed by atoms with Gasteiger partial charge in [-0.3, -0.25) is 9.20 Å². The summed E-state index contributed by atoms with van der Waals surface area (Å²) in [4.78, 5) is 17.1. The summed E-state index contributed by atoms with van der Waals surface area (Å²) in [5.41, 5.74) is 8.55. The molecule has 0 aliphatic heterocycles. The molecule has 2 aromatic heterocycles. The zero-order valence-electron chi connectivity index (χ0n) is 11.8. The molecular weight excluding hydrogens is 322 g/mol. The second kappa shape index (κ2) is 6.08. The largest absolute Gasteiger partial charge is 0.468 e. The maximum absolute atomic E-state index is 11.6. The molecule has 22 heavy (non-hydrogen) atoms. The molecule has 0 aliphatic carbocycles. The fourth-order valence-corrected chi connectivity index (χ4v) is 3.17. The maximum atomic E-state index is 11.6. The van der Waals surface area contributed by atoms with E-state index in [1.54, 1.807) is 0 Å². The van der Waals surface area contributed by atoms with Crippen molar-refractivity contribution in [1.82, 2.24) is 9.38 Å². The normalized spacial score (nSPS) is 12.5. The number of hydrogen-bond donors (Lipinski definition) is 1. The summed E-state index contributed by atoms with van der Waals surface area (Å²) in [7, 11) is 1.33. The van der Waals surface area contributed by atoms with Gasteiger partial charge in [0.1, 0.15) is 6.04 Å². The standard InChI is InChI=1S/C15H14ClN3O2S/c1-21-14(20)11(17)8-12-13(9-2-4-10(16)5-3-9)18-15-19(12)6-7-22-15/h2-7,11H,8,17H2,1H3. The number of ether oxygens (including phenoxy) is 1. The number of methoxy groups -OCH3 is 1. The van der Waals surface area contributed by atoms with Crippen molar-refractivity contribution in [2.45, 2.75) is 12.5 Å². The number of esters is 1. The Morgan fingerprint density at radius 3 is 2.86 bits per heavy atom. The number of thiazole rings is 1. The van der Waals surface area contributed by atoms with Crippen molar-refractivity contribution in [3.63, 3.8) is 0 Å². The number of carbonyl (C=O) groups is 1. The highest BCUT2D eigenvalue weighted by Gasteiger charge is 2.21. The van der Waals surface area contributed by atoms with Gasteiger partial charge in [-0.15, -0.1) is 11.3 Å². The van der Waals surface area contributed by atoms with Crippen LogP contribution in [0.1, 0.15) is 5.69 Å². The number of carbonyl (C=O) groups excluding carboxylic acids is 1. The number of rotatable bonds is 4. The topological polar surface area (TPSA) is 69.6 Å². The van der Waals surface area contributed by atoms with Crippen LogP contribution in [0, 0.1) is 0 Å². The van der Waals surface area contributed by atoms with Crippen LogP contribution in [0.3, 0.4) is 0 Å². The van der Waals surface area contributed by atoms with Gasteiger partial charge in [0.05, 0.1) is 18.5 Å². The van der Waals surface area contributed by atoms with E-state index in [1.165, 1.54) is 18.4 Å². The summed E-state index contributed by atoms with van der Waals surface area (Å²) in [6.07, 6.45) is 2.27. The summed E-state index contributed by atoms with van der Waals surface area (Å²) < 4.78 is 6.66. The number of fused-ring (bicyclic) bond motifs is 1. The quantitative estimate of drug-likeness (QED) is 0.744. The van der Waals surface area contributed by atoms with Crippen LogP contribution in [0.25, 0.3) is 16.2 Å². The van der Waals surface area contributed by atoms with Gasteiger partial charge in [0.15, 0.2) is 4.96 Å². The van der Waals surface area contributed by atoms with Gasteiger partial charge in [-0.1, -0.05) is 23.7 Å². The summed E-state index contributed by atoms with van der Waals surface area (Å²) in [6.45, 7) is 0. The van der Waals surface area contributed by atoms with E-state index >= 15 is 0 Å². The van der Waals surface area contributed by atoms with Crippen molar-refractivity contribution in [3.8, 4) is 11.3 Å². The monoisotopic (exact) mass is 335 g/mol. The van der Waals surface area contributed by atoms with Crippen LogP contribution in [0.5, 0.6) is 0 Å². The Morgan fingerprint density at radius 1 is 1.45 bits per heavy atom. The van der Waals surface area contributed by atoms with Crippen LogP contribution in [0.15, 0.2) is 35.8 Å². The van der Waals surface area contributed by atoms with Gasteiger partial charge in [0.25, 0.3) is 0 Å². The van der Waals surface area contributed by atoms with E-state index in [4.69, 9.17) is 22.1 Å². The smallest absolute Gasteiger partial charge is 0.323 e. The van der Waals surface area contributed by atoms with E-state index < -0.39 is 12.0 Å². The molecule has 2 N–H and O–H groups in total. The van der Waals surface area contributed by atoms with Crippen molar-refractivity contribution in [2.75, 3.05) is 7.11 Å². The van der Waals surface area contributed by atoms with E-state index in [2.05, 4.69) is 4.98 Å². The highest BCUT2D eigenvalue weighted by atomic mass is 35.5. The third-order valence-corrected chi connectivity index (χ3v) is 4.40. The minimum atomic E-state index is -0.726. The van der Waals surface area contributed by atoms with Gasteiger partial charge < -0.3 is 10.5 Å². The van der Waals surface area contributed by atoms with Crippen LogP contribution in [-0.2, 0) is 16.0 Å². The highest BCUT2D eigenvalue weighted by Crippen LogP contribution is 2.28. The van der Waals surface area contributed by atoms with Crippen LogP contribution < -0.4 is 5.73 Å². The number of hydrogen-bond acceptors (Lipinski definition) is 5. The summed E-state index contributed by atoms with van der Waals surface area (Å²) in [5, 5.41) is 2.61. The molecule has 1 aromatic carbocycles. The van der Waals surface area contributed by atoms with Gasteiger partial charge in [-0.2, -0.15) is 0 Å². The zero-order valence-corrected chi connectivity index (χ0v) is 13.4. The fraction of sp³-hybridized carbons (Fsp3) is 0.200. The Hall–Kier alpha value is -1.89. The van der Waals surface area contributed by atoms with Gasteiger partial charge in [0, 0.05) is 28.6 Å². The van der Waals surface area contributed by atoms with Crippen molar-refractivity contribution in [1.29, 1.82) is 0 Å². The molecule has 0 bridgehead atoms. The molecule has 0 radical (unpaired) electrons. The Bertz CT molecular complexity index is 810. The van der Waals surface area contributed by atoms with Crippen LogP contribution >= 0.6 is 22.9 Å². The number of nitrogens with two attached hydrogens (primary N) is 1. The molecule has 114 valence electrons. The fourth-order valence-electron chi connectivity index (χ4n) is 2.31. The molecule has 1 atom stereocenters. The molecule has 0 spiro atoms. The Kier molecular flexibility index (Phi) is 4.15. The van der Waals surface area contributed by atoms with Crippen LogP contribution in [0.2, 0.25) is 5.02 Å². The van der Waals surface area contributed by atoms with Crippen molar-refractivity contribution < 1.29 is 9.53 Å². The minimum absolute atomic E-state index is 0.350. The van der Waals surface area contributed by atoms with Gasteiger partial charge >= 0.3 is 5.97 Å². The lowest BCUT2D eigenvalue weighted by Crippen LogP contribution is -2.34. The Balaban J connectivity index is 2.06. The number of aromatic nitrogens is 2. The lowest BCUT2D eigenvalue weighted by molar-refractivity contribution is -0.142.